The van der Waals surface area contributed by atoms with Gasteiger partial charge in [0, 0.05) is 13.0 Å². The van der Waals surface area contributed by atoms with Crippen LogP contribution < -0.4 is 10.9 Å². The van der Waals surface area contributed by atoms with Gasteiger partial charge in [-0.2, -0.15) is 5.16 Å². The van der Waals surface area contributed by atoms with Gasteiger partial charge in [0.15, 0.2) is 0 Å². The van der Waals surface area contributed by atoms with Crippen LogP contribution in [0, 0.1) is 11.3 Å². The van der Waals surface area contributed by atoms with Gasteiger partial charge in [0.25, 0.3) is 11.3 Å². The first-order chi connectivity index (χ1) is 19.2. The van der Waals surface area contributed by atoms with Crippen LogP contribution in [0.5, 0.6) is 0 Å². The molecule has 0 radical (unpaired) electrons. The number of carbonyl (C=O) groups excluding carboxylic acids is 2. The maximum absolute atomic E-state index is 13.4. The number of aromatic nitrogens is 3. The van der Waals surface area contributed by atoms with Crippen molar-refractivity contribution in [2.45, 2.75) is 52.0 Å². The number of carbonyl (C=O) groups is 2. The molecule has 210 valence electrons. The Morgan fingerprint density at radius 2 is 2.02 bits per heavy atom. The second kappa shape index (κ2) is 10.4. The second-order valence-corrected chi connectivity index (χ2v) is 13.0. The smallest absolute Gasteiger partial charge is 0.313 e. The highest BCUT2D eigenvalue weighted by molar-refractivity contribution is 7.18. The Bertz CT molecular complexity index is 1630. The molecule has 2 aliphatic heterocycles. The first-order valence-electron chi connectivity index (χ1n) is 13.8. The van der Waals surface area contributed by atoms with E-state index in [2.05, 4.69) is 59.5 Å². The lowest BCUT2D eigenvalue weighted by Gasteiger charge is -2.38. The molecular weight excluding hydrogens is 528 g/mol. The summed E-state index contributed by atoms with van der Waals surface area (Å²) in [5, 5.41) is 6.19. The van der Waals surface area contributed by atoms with E-state index in [1.165, 1.54) is 25.1 Å². The van der Waals surface area contributed by atoms with Gasteiger partial charge < -0.3 is 19.6 Å². The number of fused-ring (bicyclic) bond motifs is 2. The predicted molar refractivity (Wildman–Crippen MR) is 154 cm³/mol. The van der Waals surface area contributed by atoms with Gasteiger partial charge in [-0.3, -0.25) is 14.4 Å². The lowest BCUT2D eigenvalue weighted by atomic mass is 9.78. The summed E-state index contributed by atoms with van der Waals surface area (Å²) < 4.78 is 6.11. The van der Waals surface area contributed by atoms with E-state index in [1.807, 2.05) is 0 Å². The number of benzene rings is 1. The van der Waals surface area contributed by atoms with Gasteiger partial charge in [0.2, 0.25) is 0 Å². The third kappa shape index (κ3) is 5.27. The predicted octanol–water partition coefficient (Wildman–Crippen LogP) is 4.34. The van der Waals surface area contributed by atoms with Crippen LogP contribution >= 0.6 is 11.3 Å². The van der Waals surface area contributed by atoms with Crippen molar-refractivity contribution in [1.29, 1.82) is 0 Å². The van der Waals surface area contributed by atoms with Crippen LogP contribution in [0.25, 0.3) is 21.3 Å². The molecular formula is C29H34N6O4S. The van der Waals surface area contributed by atoms with Gasteiger partial charge in [0.1, 0.15) is 5.39 Å². The summed E-state index contributed by atoms with van der Waals surface area (Å²) in [6, 6.07) is 7.50. The van der Waals surface area contributed by atoms with Crippen molar-refractivity contribution in [3.8, 4) is 0 Å². The number of anilines is 1. The van der Waals surface area contributed by atoms with Crippen molar-refractivity contribution in [3.63, 3.8) is 0 Å². The number of amides is 2. The monoisotopic (exact) mass is 562 g/mol. The number of rotatable bonds is 4. The number of hydrogen-bond donors (Lipinski definition) is 2. The molecule has 2 amide bonds. The average molecular weight is 563 g/mol. The number of pyridine rings is 1. The Balaban J connectivity index is 1.21. The topological polar surface area (TPSA) is 124 Å². The van der Waals surface area contributed by atoms with Gasteiger partial charge in [0.05, 0.1) is 33.2 Å². The highest BCUT2D eigenvalue weighted by atomic mass is 32.1. The van der Waals surface area contributed by atoms with E-state index in [0.29, 0.717) is 6.54 Å². The number of nitrogens with one attached hydrogen (secondary N) is 2. The molecule has 11 heteroatoms. The summed E-state index contributed by atoms with van der Waals surface area (Å²) in [7, 11) is 2.18. The second-order valence-electron chi connectivity index (χ2n) is 11.8. The van der Waals surface area contributed by atoms with Crippen LogP contribution in [0.3, 0.4) is 0 Å². The van der Waals surface area contributed by atoms with Crippen molar-refractivity contribution in [2.75, 3.05) is 32.0 Å². The molecule has 2 N–H and O–H groups in total. The molecule has 0 saturated carbocycles. The van der Waals surface area contributed by atoms with Gasteiger partial charge >= 0.3 is 11.8 Å². The number of H-pyrrole nitrogens is 1. The average Bonchev–Trinajstić information content (AvgIpc) is 3.51. The van der Waals surface area contributed by atoms with Crippen LogP contribution in [0.15, 0.2) is 39.8 Å². The van der Waals surface area contributed by atoms with Crippen molar-refractivity contribution >= 4 is 50.2 Å². The summed E-state index contributed by atoms with van der Waals surface area (Å²) >= 11 is 1.76. The third-order valence-electron chi connectivity index (χ3n) is 8.48. The van der Waals surface area contributed by atoms with Gasteiger partial charge in [-0.15, -0.1) is 11.3 Å². The molecule has 1 aromatic carbocycles. The van der Waals surface area contributed by atoms with Crippen LogP contribution in [-0.4, -0.2) is 63.4 Å². The van der Waals surface area contributed by atoms with E-state index in [9.17, 15) is 14.4 Å². The molecule has 10 nitrogen and oxygen atoms in total. The van der Waals surface area contributed by atoms with Crippen molar-refractivity contribution in [3.05, 3.63) is 51.4 Å². The fraction of sp³-hybridized carbons (Fsp3) is 0.483. The quantitative estimate of drug-likeness (QED) is 0.355. The molecule has 5 heterocycles. The van der Waals surface area contributed by atoms with Crippen LogP contribution in [0.2, 0.25) is 0 Å². The molecule has 3 aromatic heterocycles. The number of likely N-dealkylation sites (tertiary alicyclic amines) is 2. The molecule has 2 aliphatic rings. The molecule has 0 aliphatic carbocycles. The van der Waals surface area contributed by atoms with E-state index < -0.39 is 17.4 Å². The summed E-state index contributed by atoms with van der Waals surface area (Å²) in [4.78, 5) is 51.5. The molecule has 0 unspecified atom stereocenters. The van der Waals surface area contributed by atoms with E-state index in [-0.39, 0.29) is 34.2 Å². The van der Waals surface area contributed by atoms with E-state index >= 15 is 0 Å². The molecule has 0 bridgehead atoms. The zero-order valence-electron chi connectivity index (χ0n) is 23.0. The zero-order chi connectivity index (χ0) is 28.0. The maximum atomic E-state index is 13.4. The number of thiazole rings is 1. The van der Waals surface area contributed by atoms with Crippen LogP contribution in [0.1, 0.15) is 56.1 Å². The Morgan fingerprint density at radius 1 is 1.23 bits per heavy atom. The molecule has 2 saturated heterocycles. The third-order valence-corrected chi connectivity index (χ3v) is 9.52. The normalized spacial score (nSPS) is 21.6. The Morgan fingerprint density at radius 3 is 2.83 bits per heavy atom. The number of nitrogens with zero attached hydrogens (tertiary/aromatic N) is 4. The minimum atomic E-state index is -0.761. The van der Waals surface area contributed by atoms with E-state index in [1.54, 1.807) is 16.2 Å². The van der Waals surface area contributed by atoms with Crippen LogP contribution in [-0.2, 0) is 16.0 Å². The number of piperidine rings is 2. The van der Waals surface area contributed by atoms with Crippen molar-refractivity contribution < 1.29 is 14.1 Å². The van der Waals surface area contributed by atoms with Gasteiger partial charge in [-0.05, 0) is 80.9 Å². The van der Waals surface area contributed by atoms with E-state index in [4.69, 9.17) is 9.51 Å². The van der Waals surface area contributed by atoms with E-state index in [0.717, 1.165) is 53.1 Å². The van der Waals surface area contributed by atoms with Crippen LogP contribution in [0.4, 0.5) is 5.69 Å². The lowest BCUT2D eigenvalue weighted by Crippen LogP contribution is -2.46. The minimum Gasteiger partial charge on any atom is -0.358 e. The highest BCUT2D eigenvalue weighted by Gasteiger charge is 2.35. The molecule has 0 spiro atoms. The lowest BCUT2D eigenvalue weighted by molar-refractivity contribution is -0.146. The molecule has 40 heavy (non-hydrogen) atoms. The first-order valence-corrected chi connectivity index (χ1v) is 14.7. The Hall–Kier alpha value is -3.57. The standard InChI is InChI=1S/C29H34N6O4S/c1-17-4-6-22(35(16-17)28(38)26(37)31-19-13-20-25(36)33-39-27(20)30-15-19)18-5-7-23-21(12-18)32-24(40-23)14-29(2)8-10-34(3)11-9-29/h5,7,12-13,15,17,22H,4,6,8-11,14,16H2,1-3H3,(H,31,37)(H,33,36)/t17-,22+/m0/s1. The fourth-order valence-electron chi connectivity index (χ4n) is 5.93. The summed E-state index contributed by atoms with van der Waals surface area (Å²) in [6.45, 7) is 7.20. The minimum absolute atomic E-state index is 0.139. The largest absolute Gasteiger partial charge is 0.358 e. The number of hydrogen-bond acceptors (Lipinski definition) is 8. The summed E-state index contributed by atoms with van der Waals surface area (Å²) in [5.74, 6) is -1.09. The highest BCUT2D eigenvalue weighted by Crippen LogP contribution is 2.38. The Kier molecular flexibility index (Phi) is 6.95. The van der Waals surface area contributed by atoms with Crippen molar-refractivity contribution in [1.82, 2.24) is 24.9 Å². The molecule has 4 aromatic rings. The van der Waals surface area contributed by atoms with Gasteiger partial charge in [-0.1, -0.05) is 19.9 Å². The molecule has 6 rings (SSSR count). The SMILES string of the molecule is C[C@H]1CC[C@H](c2ccc3sc(CC4(C)CCN(C)CC4)nc3c2)N(C(=O)C(=O)Nc2cnc3o[nH]c(=O)c3c2)C1. The van der Waals surface area contributed by atoms with Crippen molar-refractivity contribution in [2.24, 2.45) is 11.3 Å². The molecule has 2 atom stereocenters. The summed E-state index contributed by atoms with van der Waals surface area (Å²) in [5.41, 5.74) is 2.17. The number of aromatic amines is 1. The summed E-state index contributed by atoms with van der Waals surface area (Å²) in [6.07, 6.45) is 6.42. The molecule has 2 fully saturated rings. The Labute approximate surface area is 235 Å². The zero-order valence-corrected chi connectivity index (χ0v) is 23.8. The first kappa shape index (κ1) is 26.6. The maximum Gasteiger partial charge on any atom is 0.313 e. The van der Waals surface area contributed by atoms with Gasteiger partial charge in [-0.25, -0.2) is 9.97 Å². The fourth-order valence-corrected chi connectivity index (χ4v) is 7.09.